The lowest BCUT2D eigenvalue weighted by atomic mass is 10.0. The van der Waals surface area contributed by atoms with Crippen molar-refractivity contribution in [2.75, 3.05) is 19.7 Å². The van der Waals surface area contributed by atoms with Gasteiger partial charge in [0.25, 0.3) is 0 Å². The first-order chi connectivity index (χ1) is 21.8. The summed E-state index contributed by atoms with van der Waals surface area (Å²) in [5.74, 6) is -2.71. The topological polar surface area (TPSA) is 221 Å². The number of aliphatic carboxylic acids is 1. The molecule has 0 unspecified atom stereocenters. The minimum atomic E-state index is -3.74. The maximum Gasteiger partial charge on any atom is 0.408 e. The number of benzene rings is 2. The maximum atomic E-state index is 13.4. The molecule has 0 aromatic heterocycles. The first kappa shape index (κ1) is 36.2. The van der Waals surface area contributed by atoms with Crippen molar-refractivity contribution >= 4 is 55.7 Å². The van der Waals surface area contributed by atoms with Gasteiger partial charge in [0.05, 0.1) is 4.90 Å². The number of hydrogen-bond donors (Lipinski definition) is 6. The highest BCUT2D eigenvalue weighted by Gasteiger charge is 2.33. The van der Waals surface area contributed by atoms with E-state index in [1.165, 1.54) is 22.5 Å². The van der Waals surface area contributed by atoms with Crippen LogP contribution in [0.2, 0.25) is 0 Å². The molecule has 0 saturated carbocycles. The van der Waals surface area contributed by atoms with Crippen LogP contribution in [-0.2, 0) is 35.6 Å². The van der Waals surface area contributed by atoms with Crippen molar-refractivity contribution in [2.45, 2.75) is 55.1 Å². The molecule has 7 N–H and O–H groups in total. The van der Waals surface area contributed by atoms with Crippen LogP contribution in [0.1, 0.15) is 36.8 Å². The van der Waals surface area contributed by atoms with Crippen molar-refractivity contribution in [2.24, 2.45) is 5.73 Å². The number of carbonyl (C=O) groups excluding carboxylic acids is 3. The van der Waals surface area contributed by atoms with Crippen LogP contribution in [0.3, 0.4) is 0 Å². The Hall–Kier alpha value is -4.28. The summed E-state index contributed by atoms with van der Waals surface area (Å²) < 4.78 is 33.1. The molecule has 2 atom stereocenters. The number of sulfonamides is 1. The van der Waals surface area contributed by atoms with Gasteiger partial charge in [0.15, 0.2) is 0 Å². The van der Waals surface area contributed by atoms with E-state index >= 15 is 0 Å². The zero-order chi connectivity index (χ0) is 33.9. The molecule has 2 aromatic carbocycles. The number of carboxylic acid groups (broad SMARTS) is 1. The number of nitrogens with two attached hydrogens (primary N) is 1. The summed E-state index contributed by atoms with van der Waals surface area (Å²) in [6.07, 6.45) is 0.365. The van der Waals surface area contributed by atoms with Crippen molar-refractivity contribution in [3.8, 4) is 0 Å². The van der Waals surface area contributed by atoms with Gasteiger partial charge in [-0.25, -0.2) is 13.2 Å². The zero-order valence-electron chi connectivity index (χ0n) is 24.9. The van der Waals surface area contributed by atoms with Gasteiger partial charge >= 0.3 is 12.1 Å². The van der Waals surface area contributed by atoms with Crippen LogP contribution in [0.15, 0.2) is 70.6 Å². The van der Waals surface area contributed by atoms with Gasteiger partial charge in [-0.3, -0.25) is 19.8 Å². The molecule has 1 aliphatic rings. The average Bonchev–Trinajstić information content (AvgIpc) is 3.02. The number of carbonyl (C=O) groups is 4. The second kappa shape index (κ2) is 16.9. The molecule has 2 aromatic rings. The lowest BCUT2D eigenvalue weighted by Crippen LogP contribution is -2.56. The van der Waals surface area contributed by atoms with E-state index in [4.69, 9.17) is 15.9 Å². The summed E-state index contributed by atoms with van der Waals surface area (Å²) in [4.78, 5) is 50.6. The normalized spacial score (nSPS) is 15.2. The van der Waals surface area contributed by atoms with E-state index in [0.29, 0.717) is 28.4 Å². The lowest BCUT2D eigenvalue weighted by Gasteiger charge is -2.32. The summed E-state index contributed by atoms with van der Waals surface area (Å²) in [5.41, 5.74) is 6.57. The van der Waals surface area contributed by atoms with Gasteiger partial charge in [-0.05, 0) is 43.0 Å². The first-order valence-corrected chi connectivity index (χ1v) is 16.6. The molecule has 0 aliphatic carbocycles. The number of ether oxygens (including phenoxy) is 1. The quantitative estimate of drug-likeness (QED) is 0.0897. The molecule has 3 rings (SSSR count). The SMILES string of the molecule is C=CCOC(=O)N[C@@H](Cc1ccc(C(=N)N)cc1)C(=O)N[C@@H](CCC(=O)O)C(=O)NC1CCN(S(=O)(=O)c2cccc(Br)c2)CC1. The van der Waals surface area contributed by atoms with E-state index in [9.17, 15) is 32.7 Å². The van der Waals surface area contributed by atoms with Gasteiger partial charge < -0.3 is 31.5 Å². The molecule has 0 spiro atoms. The predicted molar refractivity (Wildman–Crippen MR) is 172 cm³/mol. The number of nitrogen functional groups attached to an aromatic ring is 1. The Morgan fingerprint density at radius 1 is 1.09 bits per heavy atom. The number of nitrogens with zero attached hydrogens (tertiary/aromatic N) is 1. The van der Waals surface area contributed by atoms with E-state index in [-0.39, 0.29) is 43.3 Å². The number of alkyl carbamates (subject to hydrolysis) is 1. The van der Waals surface area contributed by atoms with Crippen molar-refractivity contribution < 1.29 is 37.4 Å². The molecule has 0 radical (unpaired) electrons. The average molecular weight is 722 g/mol. The minimum absolute atomic E-state index is 0.0224. The van der Waals surface area contributed by atoms with E-state index in [0.717, 1.165) is 0 Å². The van der Waals surface area contributed by atoms with E-state index < -0.39 is 58.4 Å². The number of hydrogen-bond acceptors (Lipinski definition) is 8. The maximum absolute atomic E-state index is 13.4. The number of amides is 3. The molecule has 1 aliphatic heterocycles. The highest BCUT2D eigenvalue weighted by Crippen LogP contribution is 2.23. The Kier molecular flexibility index (Phi) is 13.3. The fraction of sp³-hybridized carbons (Fsp3) is 0.367. The highest BCUT2D eigenvalue weighted by atomic mass is 79.9. The molecular formula is C30H37BrN6O8S. The van der Waals surface area contributed by atoms with E-state index in [1.54, 1.807) is 36.4 Å². The summed E-state index contributed by atoms with van der Waals surface area (Å²) in [5, 5.41) is 24.7. The van der Waals surface area contributed by atoms with Crippen LogP contribution >= 0.6 is 15.9 Å². The summed E-state index contributed by atoms with van der Waals surface area (Å²) in [7, 11) is -3.74. The molecule has 46 heavy (non-hydrogen) atoms. The fourth-order valence-corrected chi connectivity index (χ4v) is 6.78. The summed E-state index contributed by atoms with van der Waals surface area (Å²) >= 11 is 3.28. The molecule has 14 nitrogen and oxygen atoms in total. The van der Waals surface area contributed by atoms with Crippen LogP contribution in [0.25, 0.3) is 0 Å². The Morgan fingerprint density at radius 3 is 2.35 bits per heavy atom. The van der Waals surface area contributed by atoms with Gasteiger partial charge in [-0.2, -0.15) is 4.31 Å². The van der Waals surface area contributed by atoms with Crippen LogP contribution < -0.4 is 21.7 Å². The number of rotatable bonds is 15. The largest absolute Gasteiger partial charge is 0.481 e. The van der Waals surface area contributed by atoms with Crippen molar-refractivity contribution in [3.05, 3.63) is 76.8 Å². The minimum Gasteiger partial charge on any atom is -0.481 e. The van der Waals surface area contributed by atoms with Crippen molar-refractivity contribution in [1.29, 1.82) is 5.41 Å². The molecule has 248 valence electrons. The molecular weight excluding hydrogens is 684 g/mol. The Balaban J connectivity index is 1.70. The second-order valence-corrected chi connectivity index (χ2v) is 13.4. The molecule has 1 saturated heterocycles. The number of nitrogens with one attached hydrogen (secondary N) is 4. The van der Waals surface area contributed by atoms with Gasteiger partial charge in [-0.1, -0.05) is 58.9 Å². The Morgan fingerprint density at radius 2 is 1.76 bits per heavy atom. The van der Waals surface area contributed by atoms with Crippen LogP contribution in [0, 0.1) is 5.41 Å². The number of piperidine rings is 1. The first-order valence-electron chi connectivity index (χ1n) is 14.4. The molecule has 0 bridgehead atoms. The monoisotopic (exact) mass is 720 g/mol. The van der Waals surface area contributed by atoms with Crippen LogP contribution in [-0.4, -0.2) is 85.4 Å². The smallest absolute Gasteiger partial charge is 0.408 e. The summed E-state index contributed by atoms with van der Waals surface area (Å²) in [6.45, 7) is 3.65. The van der Waals surface area contributed by atoms with Gasteiger partial charge in [-0.15, -0.1) is 0 Å². The molecule has 1 heterocycles. The Labute approximate surface area is 275 Å². The van der Waals surface area contributed by atoms with Crippen molar-refractivity contribution in [3.63, 3.8) is 0 Å². The van der Waals surface area contributed by atoms with Gasteiger partial charge in [0.2, 0.25) is 21.8 Å². The zero-order valence-corrected chi connectivity index (χ0v) is 27.3. The van der Waals surface area contributed by atoms with Crippen LogP contribution in [0.4, 0.5) is 4.79 Å². The number of carboxylic acids is 1. The van der Waals surface area contributed by atoms with Crippen molar-refractivity contribution in [1.82, 2.24) is 20.3 Å². The van der Waals surface area contributed by atoms with E-state index in [1.807, 2.05) is 0 Å². The molecule has 3 amide bonds. The summed E-state index contributed by atoms with van der Waals surface area (Å²) in [6, 6.07) is 9.90. The third-order valence-corrected chi connectivity index (χ3v) is 9.55. The molecule has 1 fully saturated rings. The lowest BCUT2D eigenvalue weighted by molar-refractivity contribution is -0.138. The number of halogens is 1. The molecule has 16 heteroatoms. The van der Waals surface area contributed by atoms with Gasteiger partial charge in [0, 0.05) is 42.0 Å². The van der Waals surface area contributed by atoms with E-state index in [2.05, 4.69) is 38.5 Å². The predicted octanol–water partition coefficient (Wildman–Crippen LogP) is 1.88. The fourth-order valence-electron chi connectivity index (χ4n) is 4.71. The Bertz CT molecular complexity index is 1540. The highest BCUT2D eigenvalue weighted by molar-refractivity contribution is 9.10. The third kappa shape index (κ3) is 10.7. The second-order valence-electron chi connectivity index (χ2n) is 10.5. The van der Waals surface area contributed by atoms with Crippen LogP contribution in [0.5, 0.6) is 0 Å². The van der Waals surface area contributed by atoms with Gasteiger partial charge in [0.1, 0.15) is 24.5 Å². The third-order valence-electron chi connectivity index (χ3n) is 7.16. The number of amidine groups is 1. The standard InChI is InChI=1S/C30H37BrN6O8S/c1-2-16-45-30(42)36-25(17-19-6-8-20(9-7-19)27(32)33)29(41)35-24(10-11-26(38)39)28(40)34-22-12-14-37(15-13-22)46(43,44)23-5-3-4-21(31)18-23/h2-9,18,22,24-25H,1,10-17H2,(H3,32,33)(H,34,40)(H,35,41)(H,36,42)(H,38,39)/t24-,25-/m0/s1.